The van der Waals surface area contributed by atoms with Crippen LogP contribution in [0.5, 0.6) is 0 Å². The van der Waals surface area contributed by atoms with E-state index in [9.17, 15) is 4.79 Å². The van der Waals surface area contributed by atoms with Gasteiger partial charge in [0.2, 0.25) is 5.89 Å². The van der Waals surface area contributed by atoms with Gasteiger partial charge in [-0.2, -0.15) is 0 Å². The molecule has 12 heavy (non-hydrogen) atoms. The number of nitrogens with zero attached hydrogens (tertiary/aromatic N) is 3. The summed E-state index contributed by atoms with van der Waals surface area (Å²) < 4.78 is 4.79. The van der Waals surface area contributed by atoms with Crippen LogP contribution in [0.2, 0.25) is 0 Å². The molecule has 66 valence electrons. The lowest BCUT2D eigenvalue weighted by Gasteiger charge is -2.04. The van der Waals surface area contributed by atoms with E-state index in [-0.39, 0.29) is 24.3 Å². The Morgan fingerprint density at radius 3 is 2.67 bits per heavy atom. The van der Waals surface area contributed by atoms with Gasteiger partial charge in [0.05, 0.1) is 0 Å². The number of hydrogen-bond acceptors (Lipinski definition) is 5. The van der Waals surface area contributed by atoms with E-state index in [1.54, 1.807) is 14.1 Å². The normalized spacial score (nSPS) is 9.92. The van der Waals surface area contributed by atoms with Crippen molar-refractivity contribution in [2.24, 2.45) is 0 Å². The van der Waals surface area contributed by atoms with Gasteiger partial charge in [-0.05, 0) is 0 Å². The van der Waals surface area contributed by atoms with Crippen LogP contribution in [0.15, 0.2) is 4.42 Å². The molecule has 0 aliphatic heterocycles. The van der Waals surface area contributed by atoms with Gasteiger partial charge >= 0.3 is 11.8 Å². The molecule has 0 saturated carbocycles. The molecule has 0 unspecified atom stereocenters. The summed E-state index contributed by atoms with van der Waals surface area (Å²) in [5, 5.41) is 15.4. The van der Waals surface area contributed by atoms with Crippen molar-refractivity contribution < 1.29 is 14.3 Å². The van der Waals surface area contributed by atoms with Crippen molar-refractivity contribution in [3.63, 3.8) is 0 Å². The molecule has 1 aromatic rings. The van der Waals surface area contributed by atoms with Crippen molar-refractivity contribution in [3.05, 3.63) is 11.8 Å². The molecule has 0 aromatic carbocycles. The first-order chi connectivity index (χ1) is 5.65. The van der Waals surface area contributed by atoms with Gasteiger partial charge in [0.25, 0.3) is 0 Å². The van der Waals surface area contributed by atoms with Gasteiger partial charge in [0.15, 0.2) is 0 Å². The Labute approximate surface area is 68.8 Å². The summed E-state index contributed by atoms with van der Waals surface area (Å²) in [5.41, 5.74) is 0. The molecule has 1 heterocycles. The number of aliphatic hydroxyl groups is 1. The smallest absolute Gasteiger partial charge is 0.310 e. The third-order valence-electron chi connectivity index (χ3n) is 1.19. The van der Waals surface area contributed by atoms with E-state index >= 15 is 0 Å². The molecule has 0 fully saturated rings. The SMILES string of the molecule is CN(C)C(=O)c1nnc(CO)o1. The maximum absolute atomic E-state index is 11.1. The summed E-state index contributed by atoms with van der Waals surface area (Å²) >= 11 is 0. The number of carbonyl (C=O) groups excluding carboxylic acids is 1. The van der Waals surface area contributed by atoms with E-state index in [2.05, 4.69) is 10.2 Å². The van der Waals surface area contributed by atoms with Crippen molar-refractivity contribution in [2.45, 2.75) is 6.61 Å². The van der Waals surface area contributed by atoms with Crippen molar-refractivity contribution in [1.29, 1.82) is 0 Å². The summed E-state index contributed by atoms with van der Waals surface area (Å²) in [6.07, 6.45) is 0. The minimum Gasteiger partial charge on any atom is -0.414 e. The highest BCUT2D eigenvalue weighted by Gasteiger charge is 2.15. The number of aliphatic hydroxyl groups excluding tert-OH is 1. The summed E-state index contributed by atoms with van der Waals surface area (Å²) in [5.74, 6) is -0.438. The second-order valence-corrected chi connectivity index (χ2v) is 2.36. The highest BCUT2D eigenvalue weighted by atomic mass is 16.4. The molecule has 6 heteroatoms. The summed E-state index contributed by atoms with van der Waals surface area (Å²) in [4.78, 5) is 12.4. The maximum atomic E-state index is 11.1. The molecule has 0 saturated heterocycles. The van der Waals surface area contributed by atoms with Crippen LogP contribution < -0.4 is 0 Å². The second kappa shape index (κ2) is 3.31. The van der Waals surface area contributed by atoms with Gasteiger partial charge in [-0.25, -0.2) is 0 Å². The molecular weight excluding hydrogens is 162 g/mol. The molecule has 1 N–H and O–H groups in total. The van der Waals surface area contributed by atoms with Crippen LogP contribution in [0.25, 0.3) is 0 Å². The standard InChI is InChI=1S/C6H9N3O3/c1-9(2)6(11)5-8-7-4(3-10)12-5/h10H,3H2,1-2H3. The van der Waals surface area contributed by atoms with Crippen molar-refractivity contribution in [3.8, 4) is 0 Å². The Hall–Kier alpha value is -1.43. The van der Waals surface area contributed by atoms with Crippen molar-refractivity contribution >= 4 is 5.91 Å². The Morgan fingerprint density at radius 2 is 2.25 bits per heavy atom. The first-order valence-electron chi connectivity index (χ1n) is 3.30. The van der Waals surface area contributed by atoms with Crippen LogP contribution in [0.4, 0.5) is 0 Å². The van der Waals surface area contributed by atoms with E-state index in [0.717, 1.165) is 0 Å². The lowest BCUT2D eigenvalue weighted by molar-refractivity contribution is 0.0784. The molecule has 0 spiro atoms. The second-order valence-electron chi connectivity index (χ2n) is 2.36. The van der Waals surface area contributed by atoms with Crippen molar-refractivity contribution in [1.82, 2.24) is 15.1 Å². The number of rotatable bonds is 2. The van der Waals surface area contributed by atoms with E-state index in [0.29, 0.717) is 0 Å². The number of aromatic nitrogens is 2. The molecule has 1 aromatic heterocycles. The van der Waals surface area contributed by atoms with Crippen LogP contribution in [0.3, 0.4) is 0 Å². The Balaban J connectivity index is 2.82. The fourth-order valence-electron chi connectivity index (χ4n) is 0.595. The number of carbonyl (C=O) groups is 1. The topological polar surface area (TPSA) is 79.5 Å². The first-order valence-corrected chi connectivity index (χ1v) is 3.30. The average molecular weight is 171 g/mol. The Bertz CT molecular complexity index is 281. The van der Waals surface area contributed by atoms with Gasteiger partial charge in [0.1, 0.15) is 6.61 Å². The van der Waals surface area contributed by atoms with E-state index < -0.39 is 0 Å². The van der Waals surface area contributed by atoms with Gasteiger partial charge < -0.3 is 14.4 Å². The Morgan fingerprint density at radius 1 is 1.58 bits per heavy atom. The molecule has 0 aliphatic carbocycles. The number of amides is 1. The lowest BCUT2D eigenvalue weighted by atomic mass is 10.5. The highest BCUT2D eigenvalue weighted by molar-refractivity contribution is 5.88. The third kappa shape index (κ3) is 1.59. The third-order valence-corrected chi connectivity index (χ3v) is 1.19. The fraction of sp³-hybridized carbons (Fsp3) is 0.500. The number of hydrogen-bond donors (Lipinski definition) is 1. The Kier molecular flexibility index (Phi) is 2.39. The van der Waals surface area contributed by atoms with Crippen LogP contribution in [0, 0.1) is 0 Å². The highest BCUT2D eigenvalue weighted by Crippen LogP contribution is 2.01. The van der Waals surface area contributed by atoms with Crippen molar-refractivity contribution in [2.75, 3.05) is 14.1 Å². The van der Waals surface area contributed by atoms with Crippen LogP contribution >= 0.6 is 0 Å². The van der Waals surface area contributed by atoms with Crippen LogP contribution in [-0.4, -0.2) is 40.2 Å². The quantitative estimate of drug-likeness (QED) is 0.634. The fourth-order valence-corrected chi connectivity index (χ4v) is 0.595. The van der Waals surface area contributed by atoms with Gasteiger partial charge in [-0.3, -0.25) is 4.79 Å². The van der Waals surface area contributed by atoms with E-state index in [1.165, 1.54) is 4.90 Å². The summed E-state index contributed by atoms with van der Waals surface area (Å²) in [6.45, 7) is -0.353. The summed E-state index contributed by atoms with van der Waals surface area (Å²) in [6, 6.07) is 0. The van der Waals surface area contributed by atoms with Gasteiger partial charge in [-0.15, -0.1) is 10.2 Å². The zero-order valence-corrected chi connectivity index (χ0v) is 6.81. The van der Waals surface area contributed by atoms with Gasteiger partial charge in [0, 0.05) is 14.1 Å². The molecule has 0 radical (unpaired) electrons. The predicted molar refractivity (Wildman–Crippen MR) is 38.2 cm³/mol. The van der Waals surface area contributed by atoms with E-state index in [4.69, 9.17) is 9.52 Å². The monoisotopic (exact) mass is 171 g/mol. The minimum absolute atomic E-state index is 0.0419. The molecule has 0 atom stereocenters. The lowest BCUT2D eigenvalue weighted by Crippen LogP contribution is -2.21. The first kappa shape index (κ1) is 8.66. The minimum atomic E-state index is -0.373. The molecule has 6 nitrogen and oxygen atoms in total. The van der Waals surface area contributed by atoms with Gasteiger partial charge in [-0.1, -0.05) is 0 Å². The molecule has 1 rings (SSSR count). The van der Waals surface area contributed by atoms with E-state index in [1.807, 2.05) is 0 Å². The average Bonchev–Trinajstić information content (AvgIpc) is 2.50. The van der Waals surface area contributed by atoms with Crippen LogP contribution in [0.1, 0.15) is 16.6 Å². The summed E-state index contributed by atoms with van der Waals surface area (Å²) in [7, 11) is 3.15. The molecular formula is C6H9N3O3. The molecule has 0 bridgehead atoms. The largest absolute Gasteiger partial charge is 0.414 e. The van der Waals surface area contributed by atoms with Crippen LogP contribution in [-0.2, 0) is 6.61 Å². The predicted octanol–water partition coefficient (Wildman–Crippen LogP) is -0.736. The molecule has 1 amide bonds. The zero-order valence-electron chi connectivity index (χ0n) is 6.81. The molecule has 0 aliphatic rings. The zero-order chi connectivity index (χ0) is 9.14. The maximum Gasteiger partial charge on any atom is 0.310 e.